The van der Waals surface area contributed by atoms with Crippen LogP contribution in [0.15, 0.2) is 158 Å². The monoisotopic (exact) mass is 982 g/mol. The summed E-state index contributed by atoms with van der Waals surface area (Å²) < 4.78 is 0. The molecule has 2 heterocycles. The van der Waals surface area contributed by atoms with Gasteiger partial charge in [-0.05, 0) is 193 Å². The molecule has 0 N–H and O–H groups in total. The van der Waals surface area contributed by atoms with Crippen LogP contribution in [0, 0.1) is 17.8 Å². The minimum Gasteiger partial charge on any atom is -0.311 e. The molecule has 2 aliphatic carbocycles. The molecule has 3 nitrogen and oxygen atoms in total. The van der Waals surface area contributed by atoms with E-state index in [9.17, 15) is 0 Å². The summed E-state index contributed by atoms with van der Waals surface area (Å²) in [5.74, 6) is 0. The topological polar surface area (TPSA) is 9.72 Å². The summed E-state index contributed by atoms with van der Waals surface area (Å²) in [5.41, 5.74) is 29.1. The average Bonchev–Trinajstić information content (AvgIpc) is 3.87. The Morgan fingerprint density at radius 2 is 0.827 bits per heavy atom. The molecule has 8 aromatic rings. The third-order valence-electron chi connectivity index (χ3n) is 17.2. The molecule has 4 heteroatoms. The van der Waals surface area contributed by atoms with Gasteiger partial charge in [0.25, 0.3) is 6.71 Å². The molecule has 0 fully saturated rings. The first kappa shape index (κ1) is 49.1. The number of benzene rings is 8. The van der Waals surface area contributed by atoms with Gasteiger partial charge in [0.15, 0.2) is 0 Å². The van der Waals surface area contributed by atoms with Crippen LogP contribution >= 0.6 is 0 Å². The number of hydrogen-bond acceptors (Lipinski definition) is 3. The van der Waals surface area contributed by atoms with Crippen molar-refractivity contribution in [3.8, 4) is 11.1 Å². The first-order valence-corrected chi connectivity index (χ1v) is 27.8. The molecular formula is C71H76BN3. The standard InChI is InChI=1S/C71H76BN3/c1-45-20-18-19-23-60(45)74-62-36-49-43-70(11,12)41-47(49)34-58(62)72-59-35-48-42-71(13,14)44-50(48)37-63(59)75(61-33-28-53(69(8,9)10)38-57(61)46-21-16-15-17-22-46)65-40-56(39-64(74)66(65)72)73(54-29-24-51(25-30-54)67(2,3)4)55-31-26-52(27-32-55)68(5,6)7/h15-40H,41-44H2,1-14H3. The number of aryl methyl sites for hydroxylation is 1. The van der Waals surface area contributed by atoms with Crippen molar-refractivity contribution in [2.24, 2.45) is 10.8 Å². The van der Waals surface area contributed by atoms with E-state index in [4.69, 9.17) is 0 Å². The number of anilines is 9. The smallest absolute Gasteiger partial charge is 0.252 e. The van der Waals surface area contributed by atoms with Crippen LogP contribution in [-0.4, -0.2) is 6.71 Å². The molecule has 0 amide bonds. The van der Waals surface area contributed by atoms with Gasteiger partial charge >= 0.3 is 0 Å². The van der Waals surface area contributed by atoms with E-state index in [2.05, 4.69) is 269 Å². The molecular weight excluding hydrogens is 906 g/mol. The van der Waals surface area contributed by atoms with Gasteiger partial charge in [0, 0.05) is 45.4 Å². The second-order valence-corrected chi connectivity index (χ2v) is 27.5. The predicted molar refractivity (Wildman–Crippen MR) is 324 cm³/mol. The number of para-hydroxylation sites is 1. The lowest BCUT2D eigenvalue weighted by atomic mass is 9.33. The molecule has 0 radical (unpaired) electrons. The van der Waals surface area contributed by atoms with Gasteiger partial charge in [-0.1, -0.05) is 181 Å². The molecule has 8 aromatic carbocycles. The minimum atomic E-state index is -0.0450. The Bertz CT molecular complexity index is 3500. The highest BCUT2D eigenvalue weighted by molar-refractivity contribution is 7.00. The number of rotatable bonds is 6. The first-order chi connectivity index (χ1) is 35.4. The highest BCUT2D eigenvalue weighted by Gasteiger charge is 2.47. The van der Waals surface area contributed by atoms with Crippen LogP contribution in [0.4, 0.5) is 51.2 Å². The maximum absolute atomic E-state index is 2.70. The van der Waals surface area contributed by atoms with E-state index in [0.29, 0.717) is 0 Å². The zero-order valence-corrected chi connectivity index (χ0v) is 47.3. The van der Waals surface area contributed by atoms with Crippen LogP contribution in [-0.2, 0) is 41.9 Å². The van der Waals surface area contributed by atoms with Crippen molar-refractivity contribution in [2.75, 3.05) is 14.7 Å². The molecule has 0 saturated carbocycles. The van der Waals surface area contributed by atoms with E-state index in [1.165, 1.54) is 106 Å². The van der Waals surface area contributed by atoms with Crippen LogP contribution in [0.1, 0.15) is 135 Å². The van der Waals surface area contributed by atoms with E-state index >= 15 is 0 Å². The van der Waals surface area contributed by atoms with Gasteiger partial charge < -0.3 is 14.7 Å². The largest absolute Gasteiger partial charge is 0.311 e. The summed E-state index contributed by atoms with van der Waals surface area (Å²) in [5, 5.41) is 0. The van der Waals surface area contributed by atoms with Crippen molar-refractivity contribution < 1.29 is 0 Å². The molecule has 0 aromatic heterocycles. The highest BCUT2D eigenvalue weighted by Crippen LogP contribution is 2.53. The number of fused-ring (bicyclic) bond motifs is 6. The fourth-order valence-electron chi connectivity index (χ4n) is 13.3. The van der Waals surface area contributed by atoms with E-state index < -0.39 is 0 Å². The average molecular weight is 982 g/mol. The molecule has 0 spiro atoms. The Kier molecular flexibility index (Phi) is 11.2. The third-order valence-corrected chi connectivity index (χ3v) is 17.2. The van der Waals surface area contributed by atoms with E-state index in [1.54, 1.807) is 0 Å². The summed E-state index contributed by atoms with van der Waals surface area (Å²) in [7, 11) is 0. The Morgan fingerprint density at radius 3 is 1.29 bits per heavy atom. The van der Waals surface area contributed by atoms with Crippen molar-refractivity contribution in [3.63, 3.8) is 0 Å². The fraction of sp³-hybridized carbons (Fsp3) is 0.324. The van der Waals surface area contributed by atoms with Crippen molar-refractivity contribution in [3.05, 3.63) is 202 Å². The number of hydrogen-bond donors (Lipinski definition) is 0. The van der Waals surface area contributed by atoms with Crippen LogP contribution in [0.3, 0.4) is 0 Å². The van der Waals surface area contributed by atoms with Crippen molar-refractivity contribution >= 4 is 74.3 Å². The van der Waals surface area contributed by atoms with Gasteiger partial charge in [0.05, 0.1) is 11.4 Å². The quantitative estimate of drug-likeness (QED) is 0.154. The Balaban J connectivity index is 1.23. The van der Waals surface area contributed by atoms with E-state index in [0.717, 1.165) is 42.7 Å². The normalized spacial score (nSPS) is 16.1. The second-order valence-electron chi connectivity index (χ2n) is 27.5. The summed E-state index contributed by atoms with van der Waals surface area (Å²) in [6, 6.07) is 62.0. The molecule has 75 heavy (non-hydrogen) atoms. The zero-order chi connectivity index (χ0) is 52.7. The van der Waals surface area contributed by atoms with Crippen molar-refractivity contribution in [1.29, 1.82) is 0 Å². The van der Waals surface area contributed by atoms with Gasteiger partial charge in [0.1, 0.15) is 0 Å². The van der Waals surface area contributed by atoms with Gasteiger partial charge in [0.2, 0.25) is 0 Å². The predicted octanol–water partition coefficient (Wildman–Crippen LogP) is 17.4. The fourth-order valence-corrected chi connectivity index (χ4v) is 13.3. The molecule has 0 bridgehead atoms. The molecule has 0 unspecified atom stereocenters. The lowest BCUT2D eigenvalue weighted by molar-refractivity contribution is 0.392. The molecule has 0 atom stereocenters. The second kappa shape index (κ2) is 17.1. The Labute approximate surface area is 449 Å². The Morgan fingerprint density at radius 1 is 0.400 bits per heavy atom. The molecule has 2 aliphatic heterocycles. The van der Waals surface area contributed by atoms with Crippen molar-refractivity contribution in [2.45, 2.75) is 139 Å². The number of nitrogens with zero attached hydrogens (tertiary/aromatic N) is 3. The van der Waals surface area contributed by atoms with Crippen LogP contribution < -0.4 is 31.1 Å². The SMILES string of the molecule is Cc1ccccc1N1c2cc3c(cc2B2c4cc5c(cc4N(c4ccc(C(C)(C)C)cc4-c4ccccc4)c4cc(N(c6ccc(C(C)(C)C)cc6)c6ccc(C(C)(C)C)cc6)cc1c42)CC(C)(C)C5)CC(C)(C)C3. The van der Waals surface area contributed by atoms with E-state index in [1.807, 2.05) is 0 Å². The van der Waals surface area contributed by atoms with E-state index in [-0.39, 0.29) is 33.8 Å². The molecule has 4 aliphatic rings. The van der Waals surface area contributed by atoms with Crippen LogP contribution in [0.2, 0.25) is 0 Å². The summed E-state index contributed by atoms with van der Waals surface area (Å²) in [4.78, 5) is 7.90. The summed E-state index contributed by atoms with van der Waals surface area (Å²) in [6.45, 7) is 33.0. The van der Waals surface area contributed by atoms with Crippen molar-refractivity contribution in [1.82, 2.24) is 0 Å². The lowest BCUT2D eigenvalue weighted by Crippen LogP contribution is -2.61. The van der Waals surface area contributed by atoms with Crippen LogP contribution in [0.5, 0.6) is 0 Å². The highest BCUT2D eigenvalue weighted by atomic mass is 15.2. The molecule has 12 rings (SSSR count). The molecule has 378 valence electrons. The zero-order valence-electron chi connectivity index (χ0n) is 47.3. The minimum absolute atomic E-state index is 0.00760. The van der Waals surface area contributed by atoms with Gasteiger partial charge in [-0.2, -0.15) is 0 Å². The van der Waals surface area contributed by atoms with Gasteiger partial charge in [-0.15, -0.1) is 0 Å². The third kappa shape index (κ3) is 8.52. The van der Waals surface area contributed by atoms with Gasteiger partial charge in [-0.3, -0.25) is 0 Å². The summed E-state index contributed by atoms with van der Waals surface area (Å²) in [6.07, 6.45) is 4.29. The molecule has 0 saturated heterocycles. The summed E-state index contributed by atoms with van der Waals surface area (Å²) >= 11 is 0. The maximum Gasteiger partial charge on any atom is 0.252 e. The van der Waals surface area contributed by atoms with Crippen LogP contribution in [0.25, 0.3) is 11.1 Å². The van der Waals surface area contributed by atoms with Gasteiger partial charge in [-0.25, -0.2) is 0 Å². The maximum atomic E-state index is 2.70. The lowest BCUT2D eigenvalue weighted by Gasteiger charge is -2.46. The first-order valence-electron chi connectivity index (χ1n) is 27.8. The Hall–Kier alpha value is -6.78.